The number of esters is 1. The minimum absolute atomic E-state index is 0.00158. The van der Waals surface area contributed by atoms with Crippen molar-refractivity contribution >= 4 is 17.3 Å². The maximum atomic E-state index is 12.8. The summed E-state index contributed by atoms with van der Waals surface area (Å²) in [6, 6.07) is 6.78. The summed E-state index contributed by atoms with van der Waals surface area (Å²) < 4.78 is 5.94. The molecule has 0 bridgehead atoms. The van der Waals surface area contributed by atoms with Crippen LogP contribution in [0, 0.1) is 27.4 Å². The third-order valence-corrected chi connectivity index (χ3v) is 8.43. The maximum absolute atomic E-state index is 12.8. The Labute approximate surface area is 189 Å². The lowest BCUT2D eigenvalue weighted by molar-refractivity contribution is -0.384. The van der Waals surface area contributed by atoms with E-state index in [0.29, 0.717) is 5.92 Å². The Bertz CT molecular complexity index is 935. The molecule has 5 rings (SSSR count). The van der Waals surface area contributed by atoms with E-state index in [1.165, 1.54) is 19.3 Å². The number of ether oxygens (including phenoxy) is 1. The van der Waals surface area contributed by atoms with Crippen LogP contribution in [0.4, 0.5) is 11.4 Å². The molecular formula is C25H33N3O4. The minimum atomic E-state index is -0.367. The van der Waals surface area contributed by atoms with Crippen LogP contribution in [0.3, 0.4) is 0 Å². The van der Waals surface area contributed by atoms with Gasteiger partial charge in [0.25, 0.3) is 5.69 Å². The van der Waals surface area contributed by atoms with Crippen LogP contribution < -0.4 is 4.90 Å². The van der Waals surface area contributed by atoms with Crippen LogP contribution in [0.5, 0.6) is 0 Å². The summed E-state index contributed by atoms with van der Waals surface area (Å²) >= 11 is 0. The van der Waals surface area contributed by atoms with Gasteiger partial charge in [0, 0.05) is 56.5 Å². The number of benzene rings is 1. The van der Waals surface area contributed by atoms with E-state index < -0.39 is 0 Å². The first kappa shape index (κ1) is 21.4. The summed E-state index contributed by atoms with van der Waals surface area (Å²) in [5, 5.41) is 10.9. The van der Waals surface area contributed by atoms with Gasteiger partial charge in [-0.15, -0.1) is 0 Å². The van der Waals surface area contributed by atoms with E-state index in [4.69, 9.17) is 4.74 Å². The van der Waals surface area contributed by atoms with Crippen molar-refractivity contribution in [3.8, 4) is 0 Å². The van der Waals surface area contributed by atoms with Gasteiger partial charge in [0.1, 0.15) is 6.10 Å². The van der Waals surface area contributed by atoms with Gasteiger partial charge in [-0.2, -0.15) is 0 Å². The van der Waals surface area contributed by atoms with Crippen LogP contribution in [0.2, 0.25) is 0 Å². The first-order valence-electron chi connectivity index (χ1n) is 12.0. The van der Waals surface area contributed by atoms with E-state index >= 15 is 0 Å². The lowest BCUT2D eigenvalue weighted by Crippen LogP contribution is -2.49. The van der Waals surface area contributed by atoms with E-state index in [-0.39, 0.29) is 34.0 Å². The topological polar surface area (TPSA) is 75.9 Å². The fourth-order valence-electron chi connectivity index (χ4n) is 6.57. The summed E-state index contributed by atoms with van der Waals surface area (Å²) in [5.41, 5.74) is 4.51. The molecule has 4 atom stereocenters. The molecule has 0 aromatic heterocycles. The van der Waals surface area contributed by atoms with E-state index in [0.717, 1.165) is 51.3 Å². The smallest absolute Gasteiger partial charge is 0.310 e. The lowest BCUT2D eigenvalue weighted by Gasteiger charge is -2.46. The van der Waals surface area contributed by atoms with Crippen LogP contribution in [-0.2, 0) is 9.53 Å². The minimum Gasteiger partial charge on any atom is -0.462 e. The van der Waals surface area contributed by atoms with Gasteiger partial charge in [-0.1, -0.05) is 18.1 Å². The summed E-state index contributed by atoms with van der Waals surface area (Å²) in [4.78, 5) is 28.0. The zero-order valence-corrected chi connectivity index (χ0v) is 19.1. The molecule has 0 radical (unpaired) electrons. The quantitative estimate of drug-likeness (QED) is 0.303. The maximum Gasteiger partial charge on any atom is 0.310 e. The molecular weight excluding hydrogens is 406 g/mol. The normalized spacial score (nSPS) is 33.0. The van der Waals surface area contributed by atoms with Crippen molar-refractivity contribution in [1.29, 1.82) is 0 Å². The largest absolute Gasteiger partial charge is 0.462 e. The highest BCUT2D eigenvalue weighted by atomic mass is 16.6. The summed E-state index contributed by atoms with van der Waals surface area (Å²) in [6.07, 6.45) is 5.75. The lowest BCUT2D eigenvalue weighted by atomic mass is 9.59. The molecule has 2 aliphatic heterocycles. The molecule has 1 aromatic rings. The van der Waals surface area contributed by atoms with Gasteiger partial charge < -0.3 is 9.64 Å². The first-order valence-corrected chi connectivity index (χ1v) is 12.0. The van der Waals surface area contributed by atoms with Crippen molar-refractivity contribution in [2.75, 3.05) is 37.6 Å². The van der Waals surface area contributed by atoms with Crippen LogP contribution >= 0.6 is 0 Å². The molecule has 2 heterocycles. The molecule has 3 fully saturated rings. The molecule has 7 nitrogen and oxygen atoms in total. The Hall–Kier alpha value is -2.41. The van der Waals surface area contributed by atoms with E-state index in [1.807, 2.05) is 12.1 Å². The molecule has 172 valence electrons. The van der Waals surface area contributed by atoms with Gasteiger partial charge in [0.2, 0.25) is 0 Å². The van der Waals surface area contributed by atoms with E-state index in [9.17, 15) is 14.9 Å². The average molecular weight is 440 g/mol. The number of nitro benzene ring substituents is 1. The molecule has 32 heavy (non-hydrogen) atoms. The Morgan fingerprint density at radius 3 is 2.59 bits per heavy atom. The number of rotatable bonds is 4. The Kier molecular flexibility index (Phi) is 5.48. The molecule has 0 spiro atoms. The Balaban J connectivity index is 1.22. The second-order valence-electron chi connectivity index (χ2n) is 10.4. The SMILES string of the molecule is CC1=C2CC3C(CC2(C)CCC1)OC(=O)C3CN1CCN(c2ccc([N+](=O)[O-])cc2)CC1. The number of non-ortho nitro benzene ring substituents is 1. The predicted octanol–water partition coefficient (Wildman–Crippen LogP) is 4.18. The van der Waals surface area contributed by atoms with Crippen molar-refractivity contribution in [1.82, 2.24) is 4.90 Å². The highest BCUT2D eigenvalue weighted by molar-refractivity contribution is 5.76. The monoisotopic (exact) mass is 439 g/mol. The number of nitrogens with zero attached hydrogens (tertiary/aromatic N) is 3. The average Bonchev–Trinajstić information content (AvgIpc) is 3.06. The van der Waals surface area contributed by atoms with Gasteiger partial charge in [-0.25, -0.2) is 0 Å². The Morgan fingerprint density at radius 2 is 1.91 bits per heavy atom. The van der Waals surface area contributed by atoms with Gasteiger partial charge in [0.05, 0.1) is 10.8 Å². The molecule has 4 unspecified atom stereocenters. The number of nitro groups is 1. The molecule has 0 N–H and O–H groups in total. The Morgan fingerprint density at radius 1 is 1.19 bits per heavy atom. The zero-order chi connectivity index (χ0) is 22.5. The van der Waals surface area contributed by atoms with E-state index in [2.05, 4.69) is 23.6 Å². The molecule has 7 heteroatoms. The summed E-state index contributed by atoms with van der Waals surface area (Å²) in [7, 11) is 0. The second kappa shape index (κ2) is 8.18. The van der Waals surface area contributed by atoms with Gasteiger partial charge in [-0.05, 0) is 56.6 Å². The standard InChI is InChI=1S/C25H33N3O4/c1-17-4-3-9-25(2)15-23-20(14-22(17)25)21(24(29)32-23)16-26-10-12-27(13-11-26)18-5-7-19(8-6-18)28(30)31/h5-8,20-21,23H,3-4,9-16H2,1-2H3. The number of anilines is 1. The highest BCUT2D eigenvalue weighted by Gasteiger charge is 2.53. The first-order chi connectivity index (χ1) is 15.3. The third-order valence-electron chi connectivity index (χ3n) is 8.43. The number of fused-ring (bicyclic) bond motifs is 2. The zero-order valence-electron chi connectivity index (χ0n) is 19.1. The molecule has 0 amide bonds. The van der Waals surface area contributed by atoms with Gasteiger partial charge in [-0.3, -0.25) is 19.8 Å². The molecule has 1 saturated carbocycles. The van der Waals surface area contributed by atoms with Crippen molar-refractivity contribution in [2.45, 2.75) is 52.1 Å². The fourth-order valence-corrected chi connectivity index (χ4v) is 6.57. The molecule has 4 aliphatic rings. The van der Waals surface area contributed by atoms with Gasteiger partial charge >= 0.3 is 5.97 Å². The molecule has 2 saturated heterocycles. The van der Waals surface area contributed by atoms with Crippen molar-refractivity contribution in [3.05, 3.63) is 45.5 Å². The van der Waals surface area contributed by atoms with Crippen LogP contribution in [0.1, 0.15) is 46.0 Å². The summed E-state index contributed by atoms with van der Waals surface area (Å²) in [6.45, 7) is 8.93. The van der Waals surface area contributed by atoms with Crippen LogP contribution in [0.25, 0.3) is 0 Å². The fraction of sp³-hybridized carbons (Fsp3) is 0.640. The van der Waals surface area contributed by atoms with Crippen molar-refractivity contribution < 1.29 is 14.5 Å². The molecule has 1 aromatic carbocycles. The van der Waals surface area contributed by atoms with Gasteiger partial charge in [0.15, 0.2) is 0 Å². The number of hydrogen-bond donors (Lipinski definition) is 0. The van der Waals surface area contributed by atoms with Crippen LogP contribution in [0.15, 0.2) is 35.4 Å². The van der Waals surface area contributed by atoms with Crippen molar-refractivity contribution in [2.24, 2.45) is 17.3 Å². The number of carbonyl (C=O) groups excluding carboxylic acids is 1. The number of carbonyl (C=O) groups is 1. The third kappa shape index (κ3) is 3.81. The number of allylic oxidation sites excluding steroid dienone is 2. The molecule has 2 aliphatic carbocycles. The summed E-state index contributed by atoms with van der Waals surface area (Å²) in [5.74, 6) is 0.280. The second-order valence-corrected chi connectivity index (χ2v) is 10.4. The van der Waals surface area contributed by atoms with E-state index in [1.54, 1.807) is 23.3 Å². The number of hydrogen-bond acceptors (Lipinski definition) is 6. The highest BCUT2D eigenvalue weighted by Crippen LogP contribution is 2.55. The van der Waals surface area contributed by atoms with Crippen molar-refractivity contribution in [3.63, 3.8) is 0 Å². The van der Waals surface area contributed by atoms with Crippen LogP contribution in [-0.4, -0.2) is 54.6 Å². The number of piperazine rings is 1. The predicted molar refractivity (Wildman–Crippen MR) is 123 cm³/mol.